The van der Waals surface area contributed by atoms with Gasteiger partial charge in [-0.05, 0) is 31.0 Å². The molecule has 0 saturated carbocycles. The highest BCUT2D eigenvalue weighted by atomic mass is 35.5. The number of halogens is 5. The van der Waals surface area contributed by atoms with Crippen molar-refractivity contribution in [1.29, 1.82) is 0 Å². The van der Waals surface area contributed by atoms with Crippen LogP contribution in [-0.2, 0) is 6.18 Å². The molecule has 2 heterocycles. The number of hydrogen-bond acceptors (Lipinski definition) is 4. The van der Waals surface area contributed by atoms with Crippen molar-refractivity contribution in [3.8, 4) is 5.69 Å². The average molecular weight is 394 g/mol. The van der Waals surface area contributed by atoms with Gasteiger partial charge in [-0.1, -0.05) is 11.3 Å². The number of likely N-dealkylation sites (tertiary alicyclic amines) is 1. The molecule has 6 nitrogen and oxygen atoms in total. The minimum atomic E-state index is -4.88. The quantitative estimate of drug-likeness (QED) is 0.795. The van der Waals surface area contributed by atoms with Crippen molar-refractivity contribution < 1.29 is 22.4 Å². The van der Waals surface area contributed by atoms with Gasteiger partial charge >= 0.3 is 6.18 Å². The molecule has 2 aromatic rings. The van der Waals surface area contributed by atoms with Gasteiger partial charge in [0.25, 0.3) is 5.91 Å². The summed E-state index contributed by atoms with van der Waals surface area (Å²) in [5.41, 5.74) is 3.46. The molecule has 1 saturated heterocycles. The lowest BCUT2D eigenvalue weighted by molar-refractivity contribution is -0.143. The van der Waals surface area contributed by atoms with Gasteiger partial charge in [0.1, 0.15) is 5.82 Å². The van der Waals surface area contributed by atoms with Gasteiger partial charge in [0.15, 0.2) is 11.4 Å². The van der Waals surface area contributed by atoms with Gasteiger partial charge in [-0.15, -0.1) is 17.5 Å². The number of amides is 1. The Morgan fingerprint density at radius 2 is 1.88 bits per heavy atom. The van der Waals surface area contributed by atoms with Crippen LogP contribution in [0.3, 0.4) is 0 Å². The molecule has 0 unspecified atom stereocenters. The first-order valence-corrected chi connectivity index (χ1v) is 7.61. The Hall–Kier alpha value is -2.20. The third kappa shape index (κ3) is 3.96. The summed E-state index contributed by atoms with van der Waals surface area (Å²) < 4.78 is 54.4. The van der Waals surface area contributed by atoms with Crippen molar-refractivity contribution in [1.82, 2.24) is 19.9 Å². The molecule has 1 aromatic carbocycles. The van der Waals surface area contributed by atoms with E-state index in [-0.39, 0.29) is 37.2 Å². The number of piperidine rings is 1. The number of carbonyl (C=O) groups is 1. The fourth-order valence-corrected chi connectivity index (χ4v) is 2.72. The number of rotatable bonds is 2. The zero-order valence-electron chi connectivity index (χ0n) is 13.4. The predicted octanol–water partition coefficient (Wildman–Crippen LogP) is 2.41. The van der Waals surface area contributed by atoms with Crippen LogP contribution in [0.1, 0.15) is 29.0 Å². The zero-order valence-corrected chi connectivity index (χ0v) is 14.2. The normalized spacial score (nSPS) is 15.7. The number of nitrogens with two attached hydrogens (primary N) is 1. The Kier molecular flexibility index (Phi) is 5.87. The second kappa shape index (κ2) is 7.58. The van der Waals surface area contributed by atoms with Crippen molar-refractivity contribution in [2.24, 2.45) is 5.73 Å². The molecule has 1 aliphatic heterocycles. The predicted molar refractivity (Wildman–Crippen MR) is 86.7 cm³/mol. The Balaban J connectivity index is 0.00000243. The van der Waals surface area contributed by atoms with E-state index in [1.54, 1.807) is 0 Å². The molecule has 1 amide bonds. The molecule has 0 bridgehead atoms. The lowest BCUT2D eigenvalue weighted by Gasteiger charge is -2.29. The van der Waals surface area contributed by atoms with Crippen molar-refractivity contribution >= 4 is 18.3 Å². The van der Waals surface area contributed by atoms with Gasteiger partial charge in [0.2, 0.25) is 0 Å². The van der Waals surface area contributed by atoms with E-state index in [0.717, 1.165) is 12.1 Å². The standard InChI is InChI=1S/C15H15F4N5O.ClH/c16-9-2-1-3-11(8-9)24-13(15(17,18)19)12(21-22-24)14(25)23-6-4-10(20)5-7-23;/h1-3,8,10H,4-7,20H2;1H. The topological polar surface area (TPSA) is 77.0 Å². The smallest absolute Gasteiger partial charge is 0.337 e. The summed E-state index contributed by atoms with van der Waals surface area (Å²) in [6.07, 6.45) is -3.87. The largest absolute Gasteiger partial charge is 0.435 e. The van der Waals surface area contributed by atoms with E-state index in [0.29, 0.717) is 17.5 Å². The van der Waals surface area contributed by atoms with Crippen LogP contribution in [0.15, 0.2) is 24.3 Å². The summed E-state index contributed by atoms with van der Waals surface area (Å²) in [6.45, 7) is 0.508. The summed E-state index contributed by atoms with van der Waals surface area (Å²) in [4.78, 5) is 13.8. The maximum atomic E-state index is 13.5. The van der Waals surface area contributed by atoms with Crippen LogP contribution in [0.5, 0.6) is 0 Å². The SMILES string of the molecule is Cl.NC1CCN(C(=O)c2nnn(-c3cccc(F)c3)c2C(F)(F)F)CC1. The van der Waals surface area contributed by atoms with Crippen molar-refractivity contribution in [2.45, 2.75) is 25.1 Å². The van der Waals surface area contributed by atoms with Gasteiger partial charge in [0, 0.05) is 19.1 Å². The third-order valence-corrected chi connectivity index (χ3v) is 4.02. The lowest BCUT2D eigenvalue weighted by atomic mass is 10.1. The highest BCUT2D eigenvalue weighted by Crippen LogP contribution is 2.33. The van der Waals surface area contributed by atoms with Crippen LogP contribution in [0.2, 0.25) is 0 Å². The Morgan fingerprint density at radius 1 is 1.23 bits per heavy atom. The van der Waals surface area contributed by atoms with Crippen LogP contribution in [0, 0.1) is 5.82 Å². The van der Waals surface area contributed by atoms with Gasteiger partial charge < -0.3 is 10.6 Å². The van der Waals surface area contributed by atoms with Crippen LogP contribution in [-0.4, -0.2) is 44.9 Å². The number of carbonyl (C=O) groups excluding carboxylic acids is 1. The highest BCUT2D eigenvalue weighted by Gasteiger charge is 2.43. The number of aromatic nitrogens is 3. The Morgan fingerprint density at radius 3 is 2.46 bits per heavy atom. The molecule has 1 fully saturated rings. The minimum absolute atomic E-state index is 0. The maximum absolute atomic E-state index is 13.5. The van der Waals surface area contributed by atoms with Gasteiger partial charge in [0.05, 0.1) is 5.69 Å². The summed E-state index contributed by atoms with van der Waals surface area (Å²) >= 11 is 0. The maximum Gasteiger partial charge on any atom is 0.435 e. The summed E-state index contributed by atoms with van der Waals surface area (Å²) in [7, 11) is 0. The lowest BCUT2D eigenvalue weighted by Crippen LogP contribution is -2.43. The monoisotopic (exact) mass is 393 g/mol. The second-order valence-corrected chi connectivity index (χ2v) is 5.81. The van der Waals surface area contributed by atoms with Crippen molar-refractivity contribution in [3.05, 3.63) is 41.5 Å². The number of benzene rings is 1. The molecular formula is C15H16ClF4N5O. The third-order valence-electron chi connectivity index (χ3n) is 4.02. The first-order valence-electron chi connectivity index (χ1n) is 7.61. The number of alkyl halides is 3. The van der Waals surface area contributed by atoms with Crippen LogP contribution < -0.4 is 5.73 Å². The highest BCUT2D eigenvalue weighted by molar-refractivity contribution is 5.93. The molecule has 26 heavy (non-hydrogen) atoms. The van der Waals surface area contributed by atoms with E-state index in [4.69, 9.17) is 5.73 Å². The average Bonchev–Trinajstić information content (AvgIpc) is 3.00. The molecule has 11 heteroatoms. The Labute approximate surface area is 152 Å². The molecule has 0 aliphatic carbocycles. The molecule has 1 aliphatic rings. The van der Waals surface area contributed by atoms with E-state index in [9.17, 15) is 22.4 Å². The Bertz CT molecular complexity index is 787. The van der Waals surface area contributed by atoms with Gasteiger partial charge in [-0.2, -0.15) is 13.2 Å². The van der Waals surface area contributed by atoms with Crippen LogP contribution >= 0.6 is 12.4 Å². The molecule has 2 N–H and O–H groups in total. The fraction of sp³-hybridized carbons (Fsp3) is 0.400. The van der Waals surface area contributed by atoms with Crippen molar-refractivity contribution in [2.75, 3.05) is 13.1 Å². The van der Waals surface area contributed by atoms with E-state index >= 15 is 0 Å². The number of nitrogens with zero attached hydrogens (tertiary/aromatic N) is 4. The molecule has 3 rings (SSSR count). The molecule has 1 aromatic heterocycles. The molecule has 142 valence electrons. The van der Waals surface area contributed by atoms with E-state index in [2.05, 4.69) is 10.3 Å². The van der Waals surface area contributed by atoms with E-state index in [1.807, 2.05) is 0 Å². The summed E-state index contributed by atoms with van der Waals surface area (Å²) in [5.74, 6) is -1.58. The van der Waals surface area contributed by atoms with E-state index in [1.165, 1.54) is 17.0 Å². The summed E-state index contributed by atoms with van der Waals surface area (Å²) in [6, 6.07) is 4.41. The second-order valence-electron chi connectivity index (χ2n) is 5.81. The van der Waals surface area contributed by atoms with Crippen LogP contribution in [0.25, 0.3) is 5.69 Å². The van der Waals surface area contributed by atoms with Crippen LogP contribution in [0.4, 0.5) is 17.6 Å². The minimum Gasteiger partial charge on any atom is -0.337 e. The zero-order chi connectivity index (χ0) is 18.2. The molecular weight excluding hydrogens is 378 g/mol. The van der Waals surface area contributed by atoms with E-state index < -0.39 is 29.3 Å². The molecule has 0 radical (unpaired) electrons. The molecule has 0 spiro atoms. The first kappa shape index (κ1) is 20.1. The summed E-state index contributed by atoms with van der Waals surface area (Å²) in [5, 5.41) is 6.86. The van der Waals surface area contributed by atoms with Crippen molar-refractivity contribution in [3.63, 3.8) is 0 Å². The number of hydrogen-bond donors (Lipinski definition) is 1. The fourth-order valence-electron chi connectivity index (χ4n) is 2.72. The first-order chi connectivity index (χ1) is 11.8. The van der Waals surface area contributed by atoms with Gasteiger partial charge in [-0.3, -0.25) is 4.79 Å². The van der Waals surface area contributed by atoms with Gasteiger partial charge in [-0.25, -0.2) is 9.07 Å². The molecule has 0 atom stereocenters.